The fourth-order valence-electron chi connectivity index (χ4n) is 0.991. The zero-order valence-electron chi connectivity index (χ0n) is 8.88. The van der Waals surface area contributed by atoms with Crippen molar-refractivity contribution in [2.45, 2.75) is 11.9 Å². The summed E-state index contributed by atoms with van der Waals surface area (Å²) < 4.78 is 0. The van der Waals surface area contributed by atoms with Crippen LogP contribution in [0.3, 0.4) is 0 Å². The number of nitrogens with two attached hydrogens (primary N) is 1. The van der Waals surface area contributed by atoms with Gasteiger partial charge in [0.1, 0.15) is 0 Å². The Morgan fingerprint density at radius 3 is 2.94 bits per heavy atom. The van der Waals surface area contributed by atoms with Crippen LogP contribution in [0.1, 0.15) is 17.3 Å². The van der Waals surface area contributed by atoms with Gasteiger partial charge in [-0.15, -0.1) is 11.8 Å². The summed E-state index contributed by atoms with van der Waals surface area (Å²) in [5.74, 6) is -0.221. The van der Waals surface area contributed by atoms with E-state index in [0.29, 0.717) is 10.8 Å². The molecule has 0 spiro atoms. The molecule has 0 saturated heterocycles. The van der Waals surface area contributed by atoms with Gasteiger partial charge >= 0.3 is 5.97 Å². The molecule has 1 rings (SSSR count). The van der Waals surface area contributed by atoms with Crippen LogP contribution in [-0.2, 0) is 0 Å². The first-order valence-electron chi connectivity index (χ1n) is 4.77. The first-order chi connectivity index (χ1) is 7.54. The predicted molar refractivity (Wildman–Crippen MR) is 62.6 cm³/mol. The molecule has 0 aliphatic rings. The van der Waals surface area contributed by atoms with Gasteiger partial charge in [-0.25, -0.2) is 9.78 Å². The number of carbonyl (C=O) groups is 1. The standard InChI is InChI=1S/C10H14N2O3S/c1-6(4-13)5-16-9-2-7(10(14)15)8(11)3-12-9/h2-3,6,13H,4-5,11H2,1H3,(H,14,15). The van der Waals surface area contributed by atoms with Crippen LogP contribution < -0.4 is 5.73 Å². The molecule has 1 atom stereocenters. The van der Waals surface area contributed by atoms with Crippen LogP contribution in [0, 0.1) is 5.92 Å². The zero-order valence-corrected chi connectivity index (χ0v) is 9.70. The maximum Gasteiger partial charge on any atom is 0.337 e. The fraction of sp³-hybridized carbons (Fsp3) is 0.400. The first kappa shape index (κ1) is 12.8. The summed E-state index contributed by atoms with van der Waals surface area (Å²) in [6, 6.07) is 1.45. The second kappa shape index (κ2) is 5.72. The normalized spacial score (nSPS) is 12.4. The lowest BCUT2D eigenvalue weighted by molar-refractivity contribution is 0.0697. The third-order valence-corrected chi connectivity index (χ3v) is 3.22. The number of carboxylic acid groups (broad SMARTS) is 1. The van der Waals surface area contributed by atoms with Crippen molar-refractivity contribution < 1.29 is 15.0 Å². The Labute approximate surface area is 97.7 Å². The average molecular weight is 242 g/mol. The van der Waals surface area contributed by atoms with E-state index in [1.165, 1.54) is 24.0 Å². The van der Waals surface area contributed by atoms with Gasteiger partial charge in [0, 0.05) is 12.4 Å². The molecule has 4 N–H and O–H groups in total. The molecule has 16 heavy (non-hydrogen) atoms. The van der Waals surface area contributed by atoms with E-state index in [1.807, 2.05) is 6.92 Å². The van der Waals surface area contributed by atoms with Crippen molar-refractivity contribution in [3.63, 3.8) is 0 Å². The van der Waals surface area contributed by atoms with Crippen molar-refractivity contribution in [1.29, 1.82) is 0 Å². The first-order valence-corrected chi connectivity index (χ1v) is 5.75. The number of aromatic nitrogens is 1. The van der Waals surface area contributed by atoms with E-state index in [-0.39, 0.29) is 23.8 Å². The van der Waals surface area contributed by atoms with Crippen LogP contribution in [0.5, 0.6) is 0 Å². The van der Waals surface area contributed by atoms with Gasteiger partial charge in [-0.2, -0.15) is 0 Å². The Hall–Kier alpha value is -1.27. The highest BCUT2D eigenvalue weighted by Gasteiger charge is 2.10. The summed E-state index contributed by atoms with van der Waals surface area (Å²) in [4.78, 5) is 14.8. The maximum atomic E-state index is 10.8. The van der Waals surface area contributed by atoms with Gasteiger partial charge in [0.25, 0.3) is 0 Å². The molecule has 0 saturated carbocycles. The lowest BCUT2D eigenvalue weighted by atomic mass is 10.2. The minimum atomic E-state index is -1.06. The van der Waals surface area contributed by atoms with Crippen LogP contribution >= 0.6 is 11.8 Å². The Kier molecular flexibility index (Phi) is 4.57. The number of thioether (sulfide) groups is 1. The predicted octanol–water partition coefficient (Wildman–Crippen LogP) is 1.08. The van der Waals surface area contributed by atoms with Crippen LogP contribution in [0.15, 0.2) is 17.3 Å². The number of hydrogen-bond acceptors (Lipinski definition) is 5. The topological polar surface area (TPSA) is 96.4 Å². The lowest BCUT2D eigenvalue weighted by Crippen LogP contribution is -2.05. The number of nitrogens with zero attached hydrogens (tertiary/aromatic N) is 1. The monoisotopic (exact) mass is 242 g/mol. The number of nitrogen functional groups attached to an aromatic ring is 1. The molecule has 0 fully saturated rings. The van der Waals surface area contributed by atoms with Gasteiger partial charge in [0.2, 0.25) is 0 Å². The van der Waals surface area contributed by atoms with Crippen molar-refractivity contribution in [3.05, 3.63) is 17.8 Å². The fourth-order valence-corrected chi connectivity index (χ4v) is 1.88. The van der Waals surface area contributed by atoms with E-state index in [0.717, 1.165) is 0 Å². The molecular weight excluding hydrogens is 228 g/mol. The van der Waals surface area contributed by atoms with E-state index in [4.69, 9.17) is 15.9 Å². The molecule has 0 bridgehead atoms. The molecule has 1 heterocycles. The van der Waals surface area contributed by atoms with E-state index >= 15 is 0 Å². The Balaban J connectivity index is 2.75. The van der Waals surface area contributed by atoms with Crippen LogP contribution in [-0.4, -0.2) is 33.5 Å². The van der Waals surface area contributed by atoms with Crippen molar-refractivity contribution >= 4 is 23.4 Å². The molecule has 1 unspecified atom stereocenters. The number of carboxylic acids is 1. The van der Waals surface area contributed by atoms with Gasteiger partial charge < -0.3 is 15.9 Å². The summed E-state index contributed by atoms with van der Waals surface area (Å²) in [5.41, 5.74) is 5.70. The number of rotatable bonds is 5. The Morgan fingerprint density at radius 2 is 2.38 bits per heavy atom. The largest absolute Gasteiger partial charge is 0.478 e. The number of hydrogen-bond donors (Lipinski definition) is 3. The van der Waals surface area contributed by atoms with Gasteiger partial charge in [0.15, 0.2) is 0 Å². The number of aliphatic hydroxyl groups is 1. The van der Waals surface area contributed by atoms with Crippen LogP contribution in [0.25, 0.3) is 0 Å². The minimum absolute atomic E-state index is 0.0640. The molecule has 0 aliphatic heterocycles. The molecular formula is C10H14N2O3S. The molecule has 6 heteroatoms. The second-order valence-corrected chi connectivity index (χ2v) is 4.55. The van der Waals surface area contributed by atoms with Gasteiger partial charge in [-0.3, -0.25) is 0 Å². The number of aliphatic hydroxyl groups excluding tert-OH is 1. The van der Waals surface area contributed by atoms with Gasteiger partial charge in [0.05, 0.1) is 22.5 Å². The zero-order chi connectivity index (χ0) is 12.1. The molecule has 0 amide bonds. The van der Waals surface area contributed by atoms with Crippen LogP contribution in [0.2, 0.25) is 0 Å². The minimum Gasteiger partial charge on any atom is -0.478 e. The number of pyridine rings is 1. The van der Waals surface area contributed by atoms with Crippen LogP contribution in [0.4, 0.5) is 5.69 Å². The Bertz CT molecular complexity index is 384. The summed E-state index contributed by atoms with van der Waals surface area (Å²) in [6.07, 6.45) is 1.34. The van der Waals surface area contributed by atoms with Gasteiger partial charge in [-0.1, -0.05) is 6.92 Å². The highest BCUT2D eigenvalue weighted by Crippen LogP contribution is 2.22. The molecule has 0 aromatic carbocycles. The third kappa shape index (κ3) is 3.39. The van der Waals surface area contributed by atoms with Crippen molar-refractivity contribution in [3.8, 4) is 0 Å². The summed E-state index contributed by atoms with van der Waals surface area (Å²) >= 11 is 1.40. The quantitative estimate of drug-likeness (QED) is 0.669. The highest BCUT2D eigenvalue weighted by atomic mass is 32.2. The molecule has 88 valence electrons. The smallest absolute Gasteiger partial charge is 0.337 e. The van der Waals surface area contributed by atoms with Crippen molar-refractivity contribution in [2.75, 3.05) is 18.1 Å². The molecule has 0 radical (unpaired) electrons. The molecule has 1 aromatic heterocycles. The third-order valence-electron chi connectivity index (χ3n) is 1.97. The highest BCUT2D eigenvalue weighted by molar-refractivity contribution is 7.99. The number of aromatic carboxylic acids is 1. The van der Waals surface area contributed by atoms with Crippen molar-refractivity contribution in [1.82, 2.24) is 4.98 Å². The maximum absolute atomic E-state index is 10.8. The SMILES string of the molecule is CC(CO)CSc1cc(C(=O)O)c(N)cn1. The van der Waals surface area contributed by atoms with E-state index in [1.54, 1.807) is 0 Å². The summed E-state index contributed by atoms with van der Waals surface area (Å²) in [7, 11) is 0. The van der Waals surface area contributed by atoms with E-state index in [9.17, 15) is 4.79 Å². The number of anilines is 1. The Morgan fingerprint density at radius 1 is 1.69 bits per heavy atom. The van der Waals surface area contributed by atoms with E-state index in [2.05, 4.69) is 4.98 Å². The molecule has 0 aliphatic carbocycles. The average Bonchev–Trinajstić information content (AvgIpc) is 2.27. The van der Waals surface area contributed by atoms with Crippen molar-refractivity contribution in [2.24, 2.45) is 5.92 Å². The van der Waals surface area contributed by atoms with E-state index < -0.39 is 5.97 Å². The molecule has 1 aromatic rings. The van der Waals surface area contributed by atoms with Gasteiger partial charge in [-0.05, 0) is 12.0 Å². The molecule has 5 nitrogen and oxygen atoms in total. The summed E-state index contributed by atoms with van der Waals surface area (Å²) in [6.45, 7) is 2.01. The second-order valence-electron chi connectivity index (χ2n) is 3.51. The summed E-state index contributed by atoms with van der Waals surface area (Å²) in [5, 5.41) is 18.3. The lowest BCUT2D eigenvalue weighted by Gasteiger charge is -2.07.